The van der Waals surface area contributed by atoms with Gasteiger partial charge in [-0.3, -0.25) is 4.79 Å². The molecule has 34 heavy (non-hydrogen) atoms. The second-order valence-corrected chi connectivity index (χ2v) is 10.9. The quantitative estimate of drug-likeness (QED) is 0.418. The van der Waals surface area contributed by atoms with Crippen molar-refractivity contribution in [2.24, 2.45) is 0 Å². The van der Waals surface area contributed by atoms with Crippen LogP contribution in [0.3, 0.4) is 0 Å². The molecule has 3 aromatic carbocycles. The summed E-state index contributed by atoms with van der Waals surface area (Å²) < 4.78 is 28.3. The van der Waals surface area contributed by atoms with Gasteiger partial charge in [-0.05, 0) is 42.2 Å². The lowest BCUT2D eigenvalue weighted by Crippen LogP contribution is -2.33. The Labute approximate surface area is 207 Å². The number of sulfonamides is 1. The average Bonchev–Trinajstić information content (AvgIpc) is 3.15. The van der Waals surface area contributed by atoms with E-state index in [2.05, 4.69) is 0 Å². The lowest BCUT2D eigenvalue weighted by atomic mass is 10.1. The molecule has 0 radical (unpaired) electrons. The van der Waals surface area contributed by atoms with E-state index >= 15 is 0 Å². The van der Waals surface area contributed by atoms with Crippen LogP contribution in [0.1, 0.15) is 47.2 Å². The Morgan fingerprint density at radius 1 is 0.794 bits per heavy atom. The molecule has 5 nitrogen and oxygen atoms in total. The third-order valence-corrected chi connectivity index (χ3v) is 8.46. The van der Waals surface area contributed by atoms with Crippen LogP contribution in [0.15, 0.2) is 83.8 Å². The van der Waals surface area contributed by atoms with Crippen LogP contribution in [-0.4, -0.2) is 36.6 Å². The molecule has 1 amide bonds. The van der Waals surface area contributed by atoms with E-state index in [1.54, 1.807) is 11.0 Å². The first-order valence-electron chi connectivity index (χ1n) is 11.6. The van der Waals surface area contributed by atoms with Gasteiger partial charge >= 0.3 is 0 Å². The van der Waals surface area contributed by atoms with Gasteiger partial charge in [0.05, 0.1) is 5.02 Å². The van der Waals surface area contributed by atoms with Gasteiger partial charge in [0.15, 0.2) is 0 Å². The number of amides is 1. The SMILES string of the molecule is O=C(c1ccc(Cl)c(S(=O)(=O)N2CCCCCC2)c1)N(Cc1ccccc1)Cc1ccccc1. The molecule has 0 aromatic heterocycles. The predicted molar refractivity (Wildman–Crippen MR) is 135 cm³/mol. The summed E-state index contributed by atoms with van der Waals surface area (Å²) in [6.45, 7) is 1.77. The molecule has 1 heterocycles. The van der Waals surface area contributed by atoms with Gasteiger partial charge in [-0.25, -0.2) is 8.42 Å². The number of halogens is 1. The molecule has 0 saturated carbocycles. The van der Waals surface area contributed by atoms with Crippen molar-refractivity contribution in [3.8, 4) is 0 Å². The van der Waals surface area contributed by atoms with Crippen LogP contribution in [-0.2, 0) is 23.1 Å². The van der Waals surface area contributed by atoms with Gasteiger partial charge in [0.2, 0.25) is 10.0 Å². The fourth-order valence-corrected chi connectivity index (χ4v) is 6.26. The Kier molecular flexibility index (Phi) is 8.03. The maximum absolute atomic E-state index is 13.6. The van der Waals surface area contributed by atoms with E-state index in [9.17, 15) is 13.2 Å². The summed E-state index contributed by atoms with van der Waals surface area (Å²) in [4.78, 5) is 15.4. The van der Waals surface area contributed by atoms with Crippen molar-refractivity contribution in [1.29, 1.82) is 0 Å². The first-order valence-corrected chi connectivity index (χ1v) is 13.4. The molecule has 7 heteroatoms. The normalized spacial score (nSPS) is 15.0. The Bertz CT molecular complexity index is 1170. The van der Waals surface area contributed by atoms with Crippen LogP contribution in [0, 0.1) is 0 Å². The van der Waals surface area contributed by atoms with Crippen molar-refractivity contribution >= 4 is 27.5 Å². The van der Waals surface area contributed by atoms with Crippen LogP contribution in [0.5, 0.6) is 0 Å². The van der Waals surface area contributed by atoms with E-state index in [1.165, 1.54) is 16.4 Å². The van der Waals surface area contributed by atoms with Crippen molar-refractivity contribution in [2.45, 2.75) is 43.7 Å². The molecule has 0 spiro atoms. The minimum Gasteiger partial charge on any atom is -0.330 e. The van der Waals surface area contributed by atoms with Gasteiger partial charge in [0, 0.05) is 31.7 Å². The number of carbonyl (C=O) groups is 1. The zero-order valence-corrected chi connectivity index (χ0v) is 20.6. The Hall–Kier alpha value is -2.67. The zero-order chi connectivity index (χ0) is 24.0. The van der Waals surface area contributed by atoms with Crippen LogP contribution in [0.2, 0.25) is 5.02 Å². The maximum atomic E-state index is 13.6. The summed E-state index contributed by atoms with van der Waals surface area (Å²) in [5.74, 6) is -0.239. The molecule has 0 N–H and O–H groups in total. The summed E-state index contributed by atoms with van der Waals surface area (Å²) in [6, 6.07) is 24.1. The predicted octanol–water partition coefficient (Wildman–Crippen LogP) is 5.75. The molecule has 178 valence electrons. The van der Waals surface area contributed by atoms with Crippen LogP contribution < -0.4 is 0 Å². The third-order valence-electron chi connectivity index (χ3n) is 6.08. The van der Waals surface area contributed by atoms with Gasteiger partial charge in [0.1, 0.15) is 4.90 Å². The van der Waals surface area contributed by atoms with Crippen molar-refractivity contribution < 1.29 is 13.2 Å². The minimum atomic E-state index is -3.78. The van der Waals surface area contributed by atoms with Gasteiger partial charge in [-0.1, -0.05) is 85.1 Å². The summed E-state index contributed by atoms with van der Waals surface area (Å²) in [5.41, 5.74) is 2.31. The van der Waals surface area contributed by atoms with Crippen molar-refractivity contribution in [3.63, 3.8) is 0 Å². The fraction of sp³-hybridized carbons (Fsp3) is 0.296. The summed E-state index contributed by atoms with van der Waals surface area (Å²) in [5, 5.41) is 0.137. The number of rotatable bonds is 7. The fourth-order valence-electron chi connectivity index (χ4n) is 4.24. The molecular weight excluding hydrogens is 468 g/mol. The van der Waals surface area contributed by atoms with E-state index in [0.29, 0.717) is 31.7 Å². The van der Waals surface area contributed by atoms with E-state index in [0.717, 1.165) is 36.8 Å². The monoisotopic (exact) mass is 496 g/mol. The number of benzene rings is 3. The highest BCUT2D eigenvalue weighted by atomic mass is 35.5. The number of hydrogen-bond donors (Lipinski definition) is 0. The Morgan fingerprint density at radius 3 is 1.85 bits per heavy atom. The Morgan fingerprint density at radius 2 is 1.32 bits per heavy atom. The van der Waals surface area contributed by atoms with Gasteiger partial charge in [0.25, 0.3) is 5.91 Å². The highest BCUT2D eigenvalue weighted by Gasteiger charge is 2.29. The van der Waals surface area contributed by atoms with Crippen LogP contribution in [0.25, 0.3) is 0 Å². The van der Waals surface area contributed by atoms with E-state index < -0.39 is 10.0 Å². The van der Waals surface area contributed by atoms with Crippen molar-refractivity contribution in [2.75, 3.05) is 13.1 Å². The minimum absolute atomic E-state index is 0.00119. The maximum Gasteiger partial charge on any atom is 0.254 e. The molecule has 0 atom stereocenters. The van der Waals surface area contributed by atoms with Gasteiger partial charge in [-0.2, -0.15) is 4.31 Å². The smallest absolute Gasteiger partial charge is 0.254 e. The highest BCUT2D eigenvalue weighted by molar-refractivity contribution is 7.89. The standard InChI is InChI=1S/C27H29ClN2O3S/c28-25-16-15-24(19-26(25)34(32,33)30-17-9-1-2-10-18-30)27(31)29(20-22-11-5-3-6-12-22)21-23-13-7-4-8-14-23/h3-8,11-16,19H,1-2,9-10,17-18,20-21H2. The topological polar surface area (TPSA) is 57.7 Å². The first kappa shape index (κ1) is 24.5. The molecule has 1 saturated heterocycles. The molecule has 1 aliphatic rings. The number of nitrogens with zero attached hydrogens (tertiary/aromatic N) is 2. The van der Waals surface area contributed by atoms with Crippen molar-refractivity contribution in [1.82, 2.24) is 9.21 Å². The zero-order valence-electron chi connectivity index (χ0n) is 19.1. The van der Waals surface area contributed by atoms with Crippen LogP contribution in [0.4, 0.5) is 0 Å². The molecular formula is C27H29ClN2O3S. The highest BCUT2D eigenvalue weighted by Crippen LogP contribution is 2.28. The van der Waals surface area contributed by atoms with E-state index in [4.69, 9.17) is 11.6 Å². The van der Waals surface area contributed by atoms with Gasteiger partial charge < -0.3 is 4.90 Å². The summed E-state index contributed by atoms with van der Waals surface area (Å²) >= 11 is 6.35. The van der Waals surface area contributed by atoms with Gasteiger partial charge in [-0.15, -0.1) is 0 Å². The molecule has 4 rings (SSSR count). The van der Waals surface area contributed by atoms with Crippen LogP contribution >= 0.6 is 11.6 Å². The van der Waals surface area contributed by atoms with E-state index in [1.807, 2.05) is 60.7 Å². The third kappa shape index (κ3) is 5.87. The second kappa shape index (κ2) is 11.2. The van der Waals surface area contributed by atoms with E-state index in [-0.39, 0.29) is 15.8 Å². The number of carbonyl (C=O) groups excluding carboxylic acids is 1. The first-order chi connectivity index (χ1) is 16.4. The summed E-state index contributed by atoms with van der Waals surface area (Å²) in [7, 11) is -3.78. The lowest BCUT2D eigenvalue weighted by molar-refractivity contribution is 0.0730. The largest absolute Gasteiger partial charge is 0.330 e. The Balaban J connectivity index is 1.66. The number of hydrogen-bond acceptors (Lipinski definition) is 3. The molecule has 0 bridgehead atoms. The average molecular weight is 497 g/mol. The molecule has 3 aromatic rings. The van der Waals surface area contributed by atoms with Crippen molar-refractivity contribution in [3.05, 3.63) is 101 Å². The molecule has 1 aliphatic heterocycles. The lowest BCUT2D eigenvalue weighted by Gasteiger charge is -2.24. The summed E-state index contributed by atoms with van der Waals surface area (Å²) in [6.07, 6.45) is 3.70. The molecule has 1 fully saturated rings. The molecule has 0 unspecified atom stereocenters. The molecule has 0 aliphatic carbocycles. The second-order valence-electron chi connectivity index (χ2n) is 8.60.